The highest BCUT2D eigenvalue weighted by Gasteiger charge is 2.23. The Kier molecular flexibility index (Phi) is 5.22. The molecular formula is C17H23FN4O. The minimum atomic E-state index is -0.489. The Morgan fingerprint density at radius 2 is 1.96 bits per heavy atom. The Morgan fingerprint density at radius 3 is 2.52 bits per heavy atom. The quantitative estimate of drug-likeness (QED) is 0.922. The Bertz CT molecular complexity index is 610. The first-order chi connectivity index (χ1) is 10.8. The second kappa shape index (κ2) is 6.97. The summed E-state index contributed by atoms with van der Waals surface area (Å²) in [6.45, 7) is 8.97. The number of piperazine rings is 1. The van der Waals surface area contributed by atoms with E-state index in [1.165, 1.54) is 6.07 Å². The average molecular weight is 318 g/mol. The van der Waals surface area contributed by atoms with E-state index in [1.54, 1.807) is 12.1 Å². The summed E-state index contributed by atoms with van der Waals surface area (Å²) in [5, 5.41) is 12.1. The molecule has 5 nitrogen and oxygen atoms in total. The molecule has 2 rings (SSSR count). The molecule has 1 aliphatic rings. The van der Waals surface area contributed by atoms with Gasteiger partial charge in [-0.1, -0.05) is 6.07 Å². The summed E-state index contributed by atoms with van der Waals surface area (Å²) in [6, 6.07) is 6.62. The zero-order chi connectivity index (χ0) is 17.0. The molecule has 0 unspecified atom stereocenters. The van der Waals surface area contributed by atoms with E-state index < -0.39 is 5.82 Å². The van der Waals surface area contributed by atoms with Crippen LogP contribution in [-0.2, 0) is 4.79 Å². The van der Waals surface area contributed by atoms with Crippen molar-refractivity contribution in [2.75, 3.05) is 37.6 Å². The number of benzene rings is 1. The molecule has 1 heterocycles. The number of nitriles is 1. The summed E-state index contributed by atoms with van der Waals surface area (Å²) < 4.78 is 13.7. The van der Waals surface area contributed by atoms with E-state index >= 15 is 0 Å². The molecule has 0 bridgehead atoms. The fourth-order valence-corrected chi connectivity index (χ4v) is 2.69. The van der Waals surface area contributed by atoms with Crippen molar-refractivity contribution in [1.82, 2.24) is 10.2 Å². The Morgan fingerprint density at radius 1 is 1.30 bits per heavy atom. The van der Waals surface area contributed by atoms with Gasteiger partial charge in [0.15, 0.2) is 0 Å². The molecule has 1 amide bonds. The number of carbonyl (C=O) groups excluding carboxylic acids is 1. The topological polar surface area (TPSA) is 59.4 Å². The number of hydrogen-bond donors (Lipinski definition) is 1. The Labute approximate surface area is 136 Å². The van der Waals surface area contributed by atoms with Crippen molar-refractivity contribution in [3.63, 3.8) is 0 Å². The molecular weight excluding hydrogens is 295 g/mol. The van der Waals surface area contributed by atoms with Crippen LogP contribution in [0.5, 0.6) is 0 Å². The van der Waals surface area contributed by atoms with Gasteiger partial charge >= 0.3 is 0 Å². The number of carbonyl (C=O) groups is 1. The van der Waals surface area contributed by atoms with Crippen LogP contribution in [0.4, 0.5) is 10.1 Å². The summed E-state index contributed by atoms with van der Waals surface area (Å²) >= 11 is 0. The Hall–Kier alpha value is -2.13. The summed E-state index contributed by atoms with van der Waals surface area (Å²) in [7, 11) is 0. The molecule has 1 fully saturated rings. The van der Waals surface area contributed by atoms with Crippen molar-refractivity contribution in [2.45, 2.75) is 26.3 Å². The Balaban J connectivity index is 1.93. The van der Waals surface area contributed by atoms with Gasteiger partial charge in [-0.2, -0.15) is 5.26 Å². The number of rotatable bonds is 3. The van der Waals surface area contributed by atoms with Gasteiger partial charge in [-0.3, -0.25) is 9.69 Å². The van der Waals surface area contributed by atoms with Crippen LogP contribution in [0.3, 0.4) is 0 Å². The van der Waals surface area contributed by atoms with Crippen molar-refractivity contribution in [1.29, 1.82) is 5.26 Å². The molecule has 1 aromatic carbocycles. The molecule has 0 aromatic heterocycles. The van der Waals surface area contributed by atoms with Crippen molar-refractivity contribution in [3.8, 4) is 6.07 Å². The molecule has 0 spiro atoms. The smallest absolute Gasteiger partial charge is 0.234 e. The first-order valence-corrected chi connectivity index (χ1v) is 7.77. The van der Waals surface area contributed by atoms with Crippen molar-refractivity contribution in [3.05, 3.63) is 29.6 Å². The molecule has 0 aliphatic carbocycles. The van der Waals surface area contributed by atoms with E-state index in [4.69, 9.17) is 5.26 Å². The van der Waals surface area contributed by atoms with E-state index in [1.807, 2.05) is 31.7 Å². The molecule has 0 radical (unpaired) electrons. The number of hydrogen-bond acceptors (Lipinski definition) is 4. The summed E-state index contributed by atoms with van der Waals surface area (Å²) in [5.41, 5.74) is 0.486. The van der Waals surface area contributed by atoms with E-state index in [0.717, 1.165) is 0 Å². The van der Waals surface area contributed by atoms with Gasteiger partial charge in [0.1, 0.15) is 17.4 Å². The molecule has 124 valence electrons. The number of nitrogens with zero attached hydrogens (tertiary/aromatic N) is 3. The zero-order valence-electron chi connectivity index (χ0n) is 13.9. The summed E-state index contributed by atoms with van der Waals surface area (Å²) in [4.78, 5) is 16.0. The van der Waals surface area contributed by atoms with Gasteiger partial charge in [-0.05, 0) is 32.9 Å². The lowest BCUT2D eigenvalue weighted by atomic mass is 10.1. The van der Waals surface area contributed by atoms with Crippen LogP contribution in [0.2, 0.25) is 0 Å². The van der Waals surface area contributed by atoms with Crippen molar-refractivity contribution < 1.29 is 9.18 Å². The number of anilines is 1. The van der Waals surface area contributed by atoms with E-state index in [9.17, 15) is 9.18 Å². The minimum absolute atomic E-state index is 0.00872. The van der Waals surface area contributed by atoms with Gasteiger partial charge in [0, 0.05) is 31.7 Å². The molecule has 1 N–H and O–H groups in total. The van der Waals surface area contributed by atoms with Gasteiger partial charge in [-0.25, -0.2) is 4.39 Å². The van der Waals surface area contributed by atoms with Crippen LogP contribution in [0, 0.1) is 17.1 Å². The molecule has 6 heteroatoms. The van der Waals surface area contributed by atoms with Crippen molar-refractivity contribution >= 4 is 11.6 Å². The summed E-state index contributed by atoms with van der Waals surface area (Å²) in [5.74, 6) is -0.480. The molecule has 0 atom stereocenters. The van der Waals surface area contributed by atoms with Crippen LogP contribution in [0.15, 0.2) is 18.2 Å². The molecule has 0 saturated carbocycles. The van der Waals surface area contributed by atoms with Gasteiger partial charge in [0.2, 0.25) is 5.91 Å². The predicted octanol–water partition coefficient (Wildman–Crippen LogP) is 1.73. The largest absolute Gasteiger partial charge is 0.368 e. The highest BCUT2D eigenvalue weighted by atomic mass is 19.1. The van der Waals surface area contributed by atoms with Crippen LogP contribution in [0.25, 0.3) is 0 Å². The maximum atomic E-state index is 13.7. The third-order valence-corrected chi connectivity index (χ3v) is 3.70. The van der Waals surface area contributed by atoms with Gasteiger partial charge in [0.25, 0.3) is 0 Å². The van der Waals surface area contributed by atoms with E-state index in [-0.39, 0.29) is 17.0 Å². The lowest BCUT2D eigenvalue weighted by molar-refractivity contribution is -0.123. The summed E-state index contributed by atoms with van der Waals surface area (Å²) in [6.07, 6.45) is 0. The van der Waals surface area contributed by atoms with Crippen LogP contribution in [0.1, 0.15) is 26.3 Å². The highest BCUT2D eigenvalue weighted by Crippen LogP contribution is 2.23. The SMILES string of the molecule is CC(C)(C)NC(=O)CN1CCN(c2cccc(F)c2C#N)CC1. The second-order valence-electron chi connectivity index (χ2n) is 6.81. The standard InChI is InChI=1S/C17H23FN4O/c1-17(2,3)20-16(23)12-21-7-9-22(10-8-21)15-6-4-5-14(18)13(15)11-19/h4-6H,7-10,12H2,1-3H3,(H,20,23). The fraction of sp³-hybridized carbons (Fsp3) is 0.529. The fourth-order valence-electron chi connectivity index (χ4n) is 2.69. The number of amides is 1. The molecule has 1 aliphatic heterocycles. The zero-order valence-corrected chi connectivity index (χ0v) is 13.9. The lowest BCUT2D eigenvalue weighted by Crippen LogP contribution is -2.52. The molecule has 23 heavy (non-hydrogen) atoms. The monoisotopic (exact) mass is 318 g/mol. The van der Waals surface area contributed by atoms with E-state index in [0.29, 0.717) is 38.4 Å². The predicted molar refractivity (Wildman–Crippen MR) is 87.7 cm³/mol. The second-order valence-corrected chi connectivity index (χ2v) is 6.81. The first kappa shape index (κ1) is 17.2. The maximum absolute atomic E-state index is 13.7. The third kappa shape index (κ3) is 4.67. The van der Waals surface area contributed by atoms with Crippen LogP contribution >= 0.6 is 0 Å². The van der Waals surface area contributed by atoms with Gasteiger partial charge in [0.05, 0.1) is 12.2 Å². The first-order valence-electron chi connectivity index (χ1n) is 7.77. The van der Waals surface area contributed by atoms with Crippen LogP contribution in [-0.4, -0.2) is 49.1 Å². The lowest BCUT2D eigenvalue weighted by Gasteiger charge is -2.36. The number of halogens is 1. The normalized spacial score (nSPS) is 16.0. The van der Waals surface area contributed by atoms with Gasteiger partial charge in [-0.15, -0.1) is 0 Å². The maximum Gasteiger partial charge on any atom is 0.234 e. The van der Waals surface area contributed by atoms with Crippen molar-refractivity contribution in [2.24, 2.45) is 0 Å². The van der Waals surface area contributed by atoms with Crippen LogP contribution < -0.4 is 10.2 Å². The van der Waals surface area contributed by atoms with E-state index in [2.05, 4.69) is 10.2 Å². The highest BCUT2D eigenvalue weighted by molar-refractivity contribution is 5.78. The average Bonchev–Trinajstić information content (AvgIpc) is 2.45. The molecule has 1 saturated heterocycles. The van der Waals surface area contributed by atoms with Gasteiger partial charge < -0.3 is 10.2 Å². The number of nitrogens with one attached hydrogen (secondary N) is 1. The third-order valence-electron chi connectivity index (χ3n) is 3.70. The molecule has 1 aromatic rings. The minimum Gasteiger partial charge on any atom is -0.368 e.